The minimum atomic E-state index is -4.58. The second-order valence-corrected chi connectivity index (χ2v) is 6.40. The number of hydrogen-bond donors (Lipinski definition) is 1. The first-order valence-corrected chi connectivity index (χ1v) is 8.38. The lowest BCUT2D eigenvalue weighted by atomic mass is 10.0. The Morgan fingerprint density at radius 2 is 1.89 bits per heavy atom. The Balaban J connectivity index is 1.65. The number of nitrogens with one attached hydrogen (secondary N) is 1. The number of carbonyl (C=O) groups is 2. The van der Waals surface area contributed by atoms with Crippen molar-refractivity contribution in [2.75, 3.05) is 28.2 Å². The van der Waals surface area contributed by atoms with Crippen molar-refractivity contribution in [1.29, 1.82) is 0 Å². The number of aromatic nitrogens is 1. The lowest BCUT2D eigenvalue weighted by Gasteiger charge is -2.22. The quantitative estimate of drug-likeness (QED) is 0.816. The van der Waals surface area contributed by atoms with Gasteiger partial charge in [-0.1, -0.05) is 0 Å². The first kappa shape index (κ1) is 17.3. The van der Waals surface area contributed by atoms with Gasteiger partial charge in [0.25, 0.3) is 5.91 Å². The summed E-state index contributed by atoms with van der Waals surface area (Å²) >= 11 is 0. The molecule has 1 aromatic heterocycles. The summed E-state index contributed by atoms with van der Waals surface area (Å²) in [5.41, 5.74) is 1.33. The number of aryl methyl sites for hydroxylation is 1. The third-order valence-corrected chi connectivity index (χ3v) is 4.61. The number of benzene rings is 1. The van der Waals surface area contributed by atoms with Crippen LogP contribution in [0.5, 0.6) is 0 Å². The van der Waals surface area contributed by atoms with E-state index in [1.807, 2.05) is 0 Å². The minimum absolute atomic E-state index is 0.0645. The molecule has 2 aromatic rings. The van der Waals surface area contributed by atoms with Gasteiger partial charge in [-0.25, -0.2) is 9.69 Å². The summed E-state index contributed by atoms with van der Waals surface area (Å²) < 4.78 is 38.7. The zero-order valence-electron chi connectivity index (χ0n) is 14.1. The van der Waals surface area contributed by atoms with E-state index in [4.69, 9.17) is 0 Å². The lowest BCUT2D eigenvalue weighted by molar-refractivity contribution is -0.137. The van der Waals surface area contributed by atoms with Crippen LogP contribution in [0.1, 0.15) is 17.5 Å². The Bertz CT molecular complexity index is 929. The first-order chi connectivity index (χ1) is 12.8. The van der Waals surface area contributed by atoms with Crippen LogP contribution in [0.3, 0.4) is 0 Å². The van der Waals surface area contributed by atoms with E-state index in [0.717, 1.165) is 52.7 Å². The number of rotatable bonds is 2. The Kier molecular flexibility index (Phi) is 4.01. The number of urea groups is 1. The maximum absolute atomic E-state index is 12.9. The molecule has 4 rings (SSSR count). The van der Waals surface area contributed by atoms with Crippen molar-refractivity contribution in [2.45, 2.75) is 19.0 Å². The van der Waals surface area contributed by atoms with Crippen LogP contribution in [-0.4, -0.2) is 30.0 Å². The Morgan fingerprint density at radius 1 is 1.07 bits per heavy atom. The molecule has 0 atom stereocenters. The molecule has 1 saturated heterocycles. The molecule has 3 heterocycles. The topological polar surface area (TPSA) is 65.5 Å². The average molecular weight is 376 g/mol. The van der Waals surface area contributed by atoms with Gasteiger partial charge in [-0.3, -0.25) is 14.7 Å². The molecular weight excluding hydrogens is 361 g/mol. The number of anilines is 3. The largest absolute Gasteiger partial charge is 0.417 e. The van der Waals surface area contributed by atoms with E-state index >= 15 is 0 Å². The second-order valence-electron chi connectivity index (χ2n) is 6.40. The Morgan fingerprint density at radius 3 is 2.67 bits per heavy atom. The van der Waals surface area contributed by atoms with Crippen LogP contribution in [0.2, 0.25) is 0 Å². The van der Waals surface area contributed by atoms with Crippen LogP contribution in [0, 0.1) is 0 Å². The van der Waals surface area contributed by atoms with Crippen molar-refractivity contribution in [1.82, 2.24) is 4.98 Å². The van der Waals surface area contributed by atoms with Crippen molar-refractivity contribution in [2.24, 2.45) is 0 Å². The molecule has 1 fully saturated rings. The zero-order valence-corrected chi connectivity index (χ0v) is 14.1. The van der Waals surface area contributed by atoms with Crippen LogP contribution >= 0.6 is 0 Å². The fraction of sp³-hybridized carbons (Fsp3) is 0.278. The molecule has 9 heteroatoms. The normalized spacial score (nSPS) is 17.1. The average Bonchev–Trinajstić information content (AvgIpc) is 2.95. The summed E-state index contributed by atoms with van der Waals surface area (Å²) in [6, 6.07) is 5.36. The lowest BCUT2D eigenvalue weighted by Crippen LogP contribution is -2.33. The first-order valence-electron chi connectivity index (χ1n) is 8.38. The molecule has 1 N–H and O–H groups in total. The number of halogens is 3. The van der Waals surface area contributed by atoms with Crippen molar-refractivity contribution in [3.05, 3.63) is 47.8 Å². The van der Waals surface area contributed by atoms with E-state index in [9.17, 15) is 22.8 Å². The third-order valence-electron chi connectivity index (χ3n) is 4.61. The van der Waals surface area contributed by atoms with Gasteiger partial charge in [0.15, 0.2) is 0 Å². The Labute approximate surface area is 152 Å². The highest BCUT2D eigenvalue weighted by Gasteiger charge is 2.39. The second kappa shape index (κ2) is 6.26. The highest BCUT2D eigenvalue weighted by atomic mass is 19.4. The molecule has 0 unspecified atom stereocenters. The van der Waals surface area contributed by atoms with Gasteiger partial charge in [0, 0.05) is 18.4 Å². The van der Waals surface area contributed by atoms with Crippen LogP contribution in [-0.2, 0) is 17.4 Å². The highest BCUT2D eigenvalue weighted by molar-refractivity contribution is 6.27. The van der Waals surface area contributed by atoms with Crippen molar-refractivity contribution < 1.29 is 22.8 Å². The van der Waals surface area contributed by atoms with Gasteiger partial charge in [0.1, 0.15) is 6.54 Å². The molecule has 27 heavy (non-hydrogen) atoms. The number of pyridine rings is 1. The summed E-state index contributed by atoms with van der Waals surface area (Å²) in [6.45, 7) is 0.529. The predicted octanol–water partition coefficient (Wildman–Crippen LogP) is 3.43. The van der Waals surface area contributed by atoms with Crippen molar-refractivity contribution in [3.8, 4) is 0 Å². The van der Waals surface area contributed by atoms with Crippen LogP contribution in [0.15, 0.2) is 36.7 Å². The van der Waals surface area contributed by atoms with E-state index in [1.165, 1.54) is 0 Å². The fourth-order valence-electron chi connectivity index (χ4n) is 3.29. The van der Waals surface area contributed by atoms with Gasteiger partial charge >= 0.3 is 12.2 Å². The molecule has 6 nitrogen and oxygen atoms in total. The van der Waals surface area contributed by atoms with Gasteiger partial charge in [0.05, 0.1) is 23.1 Å². The molecule has 1 aromatic carbocycles. The number of imide groups is 1. The van der Waals surface area contributed by atoms with Crippen LogP contribution < -0.4 is 15.1 Å². The van der Waals surface area contributed by atoms with E-state index in [2.05, 4.69) is 10.3 Å². The van der Waals surface area contributed by atoms with Gasteiger partial charge in [-0.15, -0.1) is 0 Å². The van der Waals surface area contributed by atoms with Crippen LogP contribution in [0.4, 0.5) is 35.0 Å². The number of amides is 3. The Hall–Kier alpha value is -3.10. The maximum atomic E-state index is 12.9. The van der Waals surface area contributed by atoms with E-state index in [-0.39, 0.29) is 12.2 Å². The zero-order chi connectivity index (χ0) is 19.2. The summed E-state index contributed by atoms with van der Waals surface area (Å²) in [5, 5.41) is 3.24. The van der Waals surface area contributed by atoms with Crippen molar-refractivity contribution >= 4 is 29.0 Å². The molecule has 0 saturated carbocycles. The molecule has 140 valence electrons. The standard InChI is InChI=1S/C18H15F3N4O2/c19-18(20,21)12-7-14(9-22-8-12)24-10-16(26)25(17(24)27)13-3-4-15-11(6-13)2-1-5-23-15/h3-4,6-9,23H,1-2,5,10H2. The SMILES string of the molecule is O=C1CN(c2cncc(C(F)(F)F)c2)C(=O)N1c1ccc2c(c1)CCCN2. The predicted molar refractivity (Wildman–Crippen MR) is 92.7 cm³/mol. The summed E-state index contributed by atoms with van der Waals surface area (Å²) in [7, 11) is 0. The molecule has 0 aliphatic carbocycles. The summed E-state index contributed by atoms with van der Waals surface area (Å²) in [5.74, 6) is -0.499. The summed E-state index contributed by atoms with van der Waals surface area (Å²) in [6.07, 6.45) is -0.990. The van der Waals surface area contributed by atoms with E-state index in [1.54, 1.807) is 18.2 Å². The van der Waals surface area contributed by atoms with Gasteiger partial charge in [-0.2, -0.15) is 13.2 Å². The molecule has 0 bridgehead atoms. The van der Waals surface area contributed by atoms with Gasteiger partial charge in [-0.05, 0) is 42.7 Å². The van der Waals surface area contributed by atoms with Crippen LogP contribution in [0.25, 0.3) is 0 Å². The maximum Gasteiger partial charge on any atom is 0.417 e. The van der Waals surface area contributed by atoms with Gasteiger partial charge < -0.3 is 5.32 Å². The number of alkyl halides is 3. The van der Waals surface area contributed by atoms with Gasteiger partial charge in [0.2, 0.25) is 0 Å². The van der Waals surface area contributed by atoms with E-state index < -0.39 is 23.7 Å². The molecule has 2 aliphatic rings. The van der Waals surface area contributed by atoms with E-state index in [0.29, 0.717) is 11.9 Å². The minimum Gasteiger partial charge on any atom is -0.385 e. The number of hydrogen-bond acceptors (Lipinski definition) is 4. The monoisotopic (exact) mass is 376 g/mol. The molecular formula is C18H15F3N4O2. The third kappa shape index (κ3) is 3.09. The molecule has 2 aliphatic heterocycles. The van der Waals surface area contributed by atoms with Crippen molar-refractivity contribution in [3.63, 3.8) is 0 Å². The fourth-order valence-corrected chi connectivity index (χ4v) is 3.29. The highest BCUT2D eigenvalue weighted by Crippen LogP contribution is 2.34. The number of nitrogens with zero attached hydrogens (tertiary/aromatic N) is 3. The molecule has 3 amide bonds. The number of fused-ring (bicyclic) bond motifs is 1. The smallest absolute Gasteiger partial charge is 0.385 e. The molecule has 0 spiro atoms. The molecule has 0 radical (unpaired) electrons. The number of carbonyl (C=O) groups excluding carboxylic acids is 2. The summed E-state index contributed by atoms with van der Waals surface area (Å²) in [4.78, 5) is 30.7.